The van der Waals surface area contributed by atoms with Gasteiger partial charge in [-0.3, -0.25) is 0 Å². The molecule has 2 fully saturated rings. The summed E-state index contributed by atoms with van der Waals surface area (Å²) in [5.41, 5.74) is 0. The van der Waals surface area contributed by atoms with Crippen LogP contribution in [0.25, 0.3) is 0 Å². The summed E-state index contributed by atoms with van der Waals surface area (Å²) in [7, 11) is 2.17. The lowest BCUT2D eigenvalue weighted by Crippen LogP contribution is -2.44. The Bertz CT molecular complexity index is 239. The Hall–Kier alpha value is -0.810. The maximum Gasteiger partial charge on any atom is 0.407 e. The molecule has 1 amide bonds. The fraction of sp³-hybridized carbons (Fsp3) is 0.909. The molecule has 2 rings (SSSR count). The van der Waals surface area contributed by atoms with Crippen LogP contribution in [-0.4, -0.2) is 68.3 Å². The van der Waals surface area contributed by atoms with E-state index in [9.17, 15) is 4.79 Å². The number of hydrogen-bond acceptors (Lipinski definition) is 4. The van der Waals surface area contributed by atoms with Gasteiger partial charge in [0, 0.05) is 26.2 Å². The van der Waals surface area contributed by atoms with E-state index in [0.29, 0.717) is 6.54 Å². The van der Waals surface area contributed by atoms with E-state index in [1.165, 1.54) is 26.2 Å². The van der Waals surface area contributed by atoms with Gasteiger partial charge in [-0.1, -0.05) is 0 Å². The minimum absolute atomic E-state index is 0.0972. The highest BCUT2D eigenvalue weighted by Crippen LogP contribution is 2.09. The molecule has 0 radical (unpaired) electrons. The average Bonchev–Trinajstić information content (AvgIpc) is 2.67. The van der Waals surface area contributed by atoms with Crippen LogP contribution < -0.4 is 5.32 Å². The van der Waals surface area contributed by atoms with Crippen LogP contribution in [0.2, 0.25) is 0 Å². The monoisotopic (exact) mass is 227 g/mol. The van der Waals surface area contributed by atoms with E-state index in [0.717, 1.165) is 19.4 Å². The standard InChI is InChI=1S/C11H21N3O2/c1-13-5-7-14(8-6-13)4-2-3-10-9-12-11(15)16-10/h10H,2-9H2,1H3,(H,12,15). The number of cyclic esters (lactones) is 1. The lowest BCUT2D eigenvalue weighted by Gasteiger charge is -2.32. The molecule has 1 atom stereocenters. The second kappa shape index (κ2) is 5.50. The number of carbonyl (C=O) groups is 1. The van der Waals surface area contributed by atoms with Crippen LogP contribution >= 0.6 is 0 Å². The number of piperazine rings is 1. The summed E-state index contributed by atoms with van der Waals surface area (Å²) in [5.74, 6) is 0. The zero-order valence-corrected chi connectivity index (χ0v) is 9.95. The van der Waals surface area contributed by atoms with E-state index in [1.54, 1.807) is 0 Å². The number of nitrogens with one attached hydrogen (secondary N) is 1. The van der Waals surface area contributed by atoms with Crippen molar-refractivity contribution in [3.63, 3.8) is 0 Å². The molecule has 0 saturated carbocycles. The SMILES string of the molecule is CN1CCN(CCCC2CNC(=O)O2)CC1. The molecule has 2 aliphatic rings. The van der Waals surface area contributed by atoms with Crippen molar-refractivity contribution in [1.29, 1.82) is 0 Å². The third kappa shape index (κ3) is 3.35. The average molecular weight is 227 g/mol. The molecule has 1 unspecified atom stereocenters. The molecule has 0 aromatic rings. The largest absolute Gasteiger partial charge is 0.444 e. The fourth-order valence-corrected chi connectivity index (χ4v) is 2.21. The molecule has 5 nitrogen and oxygen atoms in total. The normalized spacial score (nSPS) is 27.8. The highest BCUT2D eigenvalue weighted by atomic mass is 16.6. The summed E-state index contributed by atoms with van der Waals surface area (Å²) in [6.45, 7) is 6.47. The maximum atomic E-state index is 10.8. The van der Waals surface area contributed by atoms with Crippen LogP contribution in [0.5, 0.6) is 0 Å². The van der Waals surface area contributed by atoms with E-state index in [1.807, 2.05) is 0 Å². The third-order valence-electron chi connectivity index (χ3n) is 3.34. The number of ether oxygens (including phenoxy) is 1. The molecular weight excluding hydrogens is 206 g/mol. The van der Waals surface area contributed by atoms with Crippen LogP contribution in [0.15, 0.2) is 0 Å². The lowest BCUT2D eigenvalue weighted by molar-refractivity contribution is 0.123. The van der Waals surface area contributed by atoms with Crippen molar-refractivity contribution in [2.24, 2.45) is 0 Å². The number of carbonyl (C=O) groups excluding carboxylic acids is 1. The first-order valence-corrected chi connectivity index (χ1v) is 6.09. The van der Waals surface area contributed by atoms with E-state index in [4.69, 9.17) is 4.74 Å². The first-order chi connectivity index (χ1) is 7.74. The maximum absolute atomic E-state index is 10.8. The van der Waals surface area contributed by atoms with Crippen molar-refractivity contribution in [3.8, 4) is 0 Å². The van der Waals surface area contributed by atoms with Gasteiger partial charge in [0.15, 0.2) is 0 Å². The van der Waals surface area contributed by atoms with Gasteiger partial charge in [-0.25, -0.2) is 4.79 Å². The van der Waals surface area contributed by atoms with Crippen LogP contribution in [0.1, 0.15) is 12.8 Å². The van der Waals surface area contributed by atoms with E-state index >= 15 is 0 Å². The first kappa shape index (κ1) is 11.7. The number of nitrogens with zero attached hydrogens (tertiary/aromatic N) is 2. The molecule has 5 heteroatoms. The minimum Gasteiger partial charge on any atom is -0.444 e. The second-order valence-corrected chi connectivity index (χ2v) is 4.70. The topological polar surface area (TPSA) is 44.8 Å². The molecule has 0 aliphatic carbocycles. The van der Waals surface area contributed by atoms with Gasteiger partial charge < -0.3 is 19.9 Å². The van der Waals surface area contributed by atoms with Crippen molar-refractivity contribution in [3.05, 3.63) is 0 Å². The molecular formula is C11H21N3O2. The van der Waals surface area contributed by atoms with Crippen LogP contribution in [-0.2, 0) is 4.74 Å². The second-order valence-electron chi connectivity index (χ2n) is 4.70. The Kier molecular flexibility index (Phi) is 4.01. The third-order valence-corrected chi connectivity index (χ3v) is 3.34. The lowest BCUT2D eigenvalue weighted by atomic mass is 10.2. The summed E-state index contributed by atoms with van der Waals surface area (Å²) in [5, 5.41) is 2.68. The quantitative estimate of drug-likeness (QED) is 0.741. The predicted octanol–water partition coefficient (Wildman–Crippen LogP) is 0.122. The minimum atomic E-state index is -0.260. The molecule has 0 bridgehead atoms. The molecule has 2 aliphatic heterocycles. The van der Waals surface area contributed by atoms with Crippen LogP contribution in [0.3, 0.4) is 0 Å². The number of likely N-dealkylation sites (N-methyl/N-ethyl adjacent to an activating group) is 1. The van der Waals surface area contributed by atoms with Gasteiger partial charge in [-0.15, -0.1) is 0 Å². The summed E-state index contributed by atoms with van der Waals surface area (Å²) >= 11 is 0. The van der Waals surface area contributed by atoms with Crippen molar-refractivity contribution in [2.75, 3.05) is 46.3 Å². The smallest absolute Gasteiger partial charge is 0.407 e. The van der Waals surface area contributed by atoms with Gasteiger partial charge in [-0.2, -0.15) is 0 Å². The predicted molar refractivity (Wildman–Crippen MR) is 61.4 cm³/mol. The Morgan fingerprint density at radius 1 is 1.38 bits per heavy atom. The number of amides is 1. The zero-order chi connectivity index (χ0) is 11.4. The van der Waals surface area contributed by atoms with Gasteiger partial charge in [0.25, 0.3) is 0 Å². The zero-order valence-electron chi connectivity index (χ0n) is 9.95. The molecule has 2 heterocycles. The Labute approximate surface area is 96.7 Å². The molecule has 1 N–H and O–H groups in total. The molecule has 0 aromatic carbocycles. The van der Waals surface area contributed by atoms with Crippen molar-refractivity contribution >= 4 is 6.09 Å². The molecule has 16 heavy (non-hydrogen) atoms. The Morgan fingerprint density at radius 2 is 2.12 bits per heavy atom. The van der Waals surface area contributed by atoms with Crippen LogP contribution in [0.4, 0.5) is 4.79 Å². The summed E-state index contributed by atoms with van der Waals surface area (Å²) in [6.07, 6.45) is 1.93. The van der Waals surface area contributed by atoms with E-state index < -0.39 is 0 Å². The van der Waals surface area contributed by atoms with Gasteiger partial charge in [-0.05, 0) is 26.4 Å². The summed E-state index contributed by atoms with van der Waals surface area (Å²) < 4.78 is 5.09. The van der Waals surface area contributed by atoms with E-state index in [2.05, 4.69) is 22.2 Å². The van der Waals surface area contributed by atoms with Gasteiger partial charge >= 0.3 is 6.09 Å². The Balaban J connectivity index is 1.56. The first-order valence-electron chi connectivity index (χ1n) is 6.09. The number of alkyl carbamates (subject to hydrolysis) is 1. The highest BCUT2D eigenvalue weighted by Gasteiger charge is 2.22. The van der Waals surface area contributed by atoms with Crippen molar-refractivity contribution in [1.82, 2.24) is 15.1 Å². The highest BCUT2D eigenvalue weighted by molar-refractivity contribution is 5.69. The van der Waals surface area contributed by atoms with Gasteiger partial charge in [0.2, 0.25) is 0 Å². The van der Waals surface area contributed by atoms with Crippen molar-refractivity contribution < 1.29 is 9.53 Å². The van der Waals surface area contributed by atoms with Crippen molar-refractivity contribution in [2.45, 2.75) is 18.9 Å². The summed E-state index contributed by atoms with van der Waals surface area (Å²) in [4.78, 5) is 15.7. The molecule has 2 saturated heterocycles. The number of rotatable bonds is 4. The van der Waals surface area contributed by atoms with E-state index in [-0.39, 0.29) is 12.2 Å². The fourth-order valence-electron chi connectivity index (χ4n) is 2.21. The molecule has 92 valence electrons. The Morgan fingerprint density at radius 3 is 2.75 bits per heavy atom. The molecule has 0 aromatic heterocycles. The molecule has 0 spiro atoms. The summed E-state index contributed by atoms with van der Waals surface area (Å²) in [6, 6.07) is 0. The number of hydrogen-bond donors (Lipinski definition) is 1. The van der Waals surface area contributed by atoms with Gasteiger partial charge in [0.05, 0.1) is 6.54 Å². The van der Waals surface area contributed by atoms with Crippen LogP contribution in [0, 0.1) is 0 Å². The van der Waals surface area contributed by atoms with Gasteiger partial charge in [0.1, 0.15) is 6.10 Å².